The van der Waals surface area contributed by atoms with Crippen LogP contribution < -0.4 is 5.32 Å². The zero-order valence-corrected chi connectivity index (χ0v) is 21.0. The number of rotatable bonds is 4. The van der Waals surface area contributed by atoms with Crippen molar-refractivity contribution < 1.29 is 0 Å². The third-order valence-electron chi connectivity index (χ3n) is 7.07. The lowest BCUT2D eigenvalue weighted by molar-refractivity contribution is 0.647. The zero-order chi connectivity index (χ0) is 23.9. The molecule has 0 saturated carbocycles. The molecule has 0 radical (unpaired) electrons. The van der Waals surface area contributed by atoms with E-state index in [9.17, 15) is 0 Å². The fourth-order valence-electron chi connectivity index (χ4n) is 5.31. The molecule has 174 valence electrons. The molecule has 0 saturated heterocycles. The van der Waals surface area contributed by atoms with Crippen molar-refractivity contribution in [1.82, 2.24) is 8.97 Å². The van der Waals surface area contributed by atoms with Gasteiger partial charge in [-0.3, -0.25) is 4.40 Å². The molecule has 1 aliphatic heterocycles. The molecule has 0 aliphatic carbocycles. The summed E-state index contributed by atoms with van der Waals surface area (Å²) in [5, 5.41) is 3.54. The summed E-state index contributed by atoms with van der Waals surface area (Å²) in [5.41, 5.74) is 12.3. The molecule has 35 heavy (non-hydrogen) atoms. The van der Waals surface area contributed by atoms with E-state index < -0.39 is 0 Å². The summed E-state index contributed by atoms with van der Waals surface area (Å²) in [4.78, 5) is 0.752. The van der Waals surface area contributed by atoms with Crippen molar-refractivity contribution in [2.75, 3.05) is 5.32 Å². The van der Waals surface area contributed by atoms with Gasteiger partial charge in [0.05, 0.1) is 11.4 Å². The molecule has 5 aromatic rings. The first-order valence-corrected chi connectivity index (χ1v) is 12.8. The molecule has 2 aromatic heterocycles. The fraction of sp³-hybridized carbons (Fsp3) is 0.194. The Labute approximate surface area is 212 Å². The second kappa shape index (κ2) is 8.86. The first-order valence-electron chi connectivity index (χ1n) is 12.4. The summed E-state index contributed by atoms with van der Waals surface area (Å²) in [6, 6.07) is 28.0. The van der Waals surface area contributed by atoms with Gasteiger partial charge in [-0.1, -0.05) is 90.1 Å². The largest absolute Gasteiger partial charge is 0.345 e. The van der Waals surface area contributed by atoms with Gasteiger partial charge in [-0.05, 0) is 56.4 Å². The topological polar surface area (TPSA) is 21.4 Å². The summed E-state index contributed by atoms with van der Waals surface area (Å²) in [6.45, 7) is 5.26. The molecule has 6 rings (SSSR count). The Morgan fingerprint density at radius 3 is 2.20 bits per heavy atom. The van der Waals surface area contributed by atoms with Gasteiger partial charge in [0.2, 0.25) is 0 Å². The molecular weight excluding hydrogens is 446 g/mol. The van der Waals surface area contributed by atoms with Crippen molar-refractivity contribution in [1.29, 1.82) is 0 Å². The predicted molar refractivity (Wildman–Crippen MR) is 150 cm³/mol. The molecule has 0 atom stereocenters. The third-order valence-corrected chi connectivity index (χ3v) is 7.36. The molecular formula is C31H29N3S. The van der Waals surface area contributed by atoms with E-state index >= 15 is 0 Å². The minimum atomic E-state index is 0.752. The molecule has 3 nitrogen and oxygen atoms in total. The second-order valence-electron chi connectivity index (χ2n) is 9.57. The van der Waals surface area contributed by atoms with E-state index in [0.29, 0.717) is 0 Å². The maximum atomic E-state index is 6.11. The first kappa shape index (κ1) is 21.9. The number of benzene rings is 3. The minimum Gasteiger partial charge on any atom is -0.345 e. The summed E-state index contributed by atoms with van der Waals surface area (Å²) in [7, 11) is 0. The van der Waals surface area contributed by atoms with Gasteiger partial charge in [-0.2, -0.15) is 0 Å². The lowest BCUT2D eigenvalue weighted by Crippen LogP contribution is -2.14. The van der Waals surface area contributed by atoms with Gasteiger partial charge in [0.1, 0.15) is 10.6 Å². The maximum Gasteiger partial charge on any atom is 0.128 e. The molecule has 3 heterocycles. The van der Waals surface area contributed by atoms with Crippen LogP contribution in [0.5, 0.6) is 0 Å². The Balaban J connectivity index is 1.60. The van der Waals surface area contributed by atoms with Gasteiger partial charge in [-0.15, -0.1) is 0 Å². The summed E-state index contributed by atoms with van der Waals surface area (Å²) in [5.74, 6) is 0. The molecule has 0 amide bonds. The Bertz CT molecular complexity index is 1520. The van der Waals surface area contributed by atoms with Crippen molar-refractivity contribution >= 4 is 28.5 Å². The Morgan fingerprint density at radius 2 is 1.49 bits per heavy atom. The number of aryl methyl sites for hydroxylation is 4. The summed E-state index contributed by atoms with van der Waals surface area (Å²) in [6.07, 6.45) is 5.69. The van der Waals surface area contributed by atoms with Crippen molar-refractivity contribution in [3.05, 3.63) is 107 Å². The average Bonchev–Trinajstić information content (AvgIpc) is 3.29. The van der Waals surface area contributed by atoms with Crippen molar-refractivity contribution in [2.24, 2.45) is 0 Å². The minimum absolute atomic E-state index is 0.752. The van der Waals surface area contributed by atoms with Crippen LogP contribution in [-0.4, -0.2) is 14.0 Å². The number of anilines is 1. The monoisotopic (exact) mass is 475 g/mol. The number of thiocarbonyl (C=S) groups is 1. The quantitative estimate of drug-likeness (QED) is 0.268. The summed E-state index contributed by atoms with van der Waals surface area (Å²) >= 11 is 6.11. The maximum absolute atomic E-state index is 6.11. The van der Waals surface area contributed by atoms with E-state index in [0.717, 1.165) is 29.3 Å². The van der Waals surface area contributed by atoms with Gasteiger partial charge < -0.3 is 9.88 Å². The number of hydrogen-bond donors (Lipinski definition) is 1. The van der Waals surface area contributed by atoms with Gasteiger partial charge in [0, 0.05) is 29.6 Å². The van der Waals surface area contributed by atoms with Crippen LogP contribution in [0.2, 0.25) is 0 Å². The van der Waals surface area contributed by atoms with E-state index in [1.165, 1.54) is 57.6 Å². The highest BCUT2D eigenvalue weighted by molar-refractivity contribution is 7.81. The van der Waals surface area contributed by atoms with Crippen LogP contribution in [-0.2, 0) is 13.0 Å². The molecule has 0 unspecified atom stereocenters. The number of nitrogens with one attached hydrogen (secondary N) is 1. The number of aromatic nitrogens is 2. The van der Waals surface area contributed by atoms with Crippen molar-refractivity contribution in [3.63, 3.8) is 0 Å². The van der Waals surface area contributed by atoms with Crippen LogP contribution in [0.25, 0.3) is 28.0 Å². The van der Waals surface area contributed by atoms with Gasteiger partial charge in [-0.25, -0.2) is 0 Å². The van der Waals surface area contributed by atoms with E-state index in [1.807, 2.05) is 0 Å². The van der Waals surface area contributed by atoms with Crippen LogP contribution in [0.3, 0.4) is 0 Å². The van der Waals surface area contributed by atoms with E-state index in [1.54, 1.807) is 0 Å². The highest BCUT2D eigenvalue weighted by atomic mass is 32.1. The zero-order valence-electron chi connectivity index (χ0n) is 20.2. The molecule has 4 heteroatoms. The van der Waals surface area contributed by atoms with Crippen LogP contribution in [0, 0.1) is 13.8 Å². The van der Waals surface area contributed by atoms with Crippen molar-refractivity contribution in [3.8, 4) is 22.4 Å². The van der Waals surface area contributed by atoms with Gasteiger partial charge in [0.15, 0.2) is 0 Å². The Kier molecular flexibility index (Phi) is 5.54. The third kappa shape index (κ3) is 3.88. The van der Waals surface area contributed by atoms with Crippen LogP contribution in [0.4, 0.5) is 5.69 Å². The predicted octanol–water partition coefficient (Wildman–Crippen LogP) is 7.82. The van der Waals surface area contributed by atoms with E-state index in [4.69, 9.17) is 12.2 Å². The van der Waals surface area contributed by atoms with E-state index in [-0.39, 0.29) is 0 Å². The number of imidazole rings is 1. The number of hydrogen-bond acceptors (Lipinski definition) is 1. The van der Waals surface area contributed by atoms with E-state index in [2.05, 4.69) is 113 Å². The lowest BCUT2D eigenvalue weighted by atomic mass is 9.98. The molecule has 3 aromatic carbocycles. The fourth-order valence-corrected chi connectivity index (χ4v) is 5.62. The van der Waals surface area contributed by atoms with Crippen LogP contribution in [0.1, 0.15) is 35.2 Å². The van der Waals surface area contributed by atoms with Gasteiger partial charge in [0.25, 0.3) is 0 Å². The smallest absolute Gasteiger partial charge is 0.128 e. The highest BCUT2D eigenvalue weighted by Crippen LogP contribution is 2.39. The number of nitrogens with zero attached hydrogens (tertiary/aromatic N) is 2. The molecule has 0 fully saturated rings. The lowest BCUT2D eigenvalue weighted by Gasteiger charge is -2.12. The molecule has 0 bridgehead atoms. The SMILES string of the molecule is Cc1ccc(NC(=S)c2c(-c3ccccc3)c3c4n(c(-c5ccc(C)cc5)cn24)CCCC3)cc1. The van der Waals surface area contributed by atoms with Crippen molar-refractivity contribution in [2.45, 2.75) is 39.7 Å². The van der Waals surface area contributed by atoms with Gasteiger partial charge >= 0.3 is 0 Å². The summed E-state index contributed by atoms with van der Waals surface area (Å²) < 4.78 is 4.86. The van der Waals surface area contributed by atoms with Crippen LogP contribution in [0.15, 0.2) is 85.1 Å². The highest BCUT2D eigenvalue weighted by Gasteiger charge is 2.28. The average molecular weight is 476 g/mol. The standard InChI is InChI=1S/C31H29N3S/c1-21-11-15-23(16-12-21)27-20-34-29(30(35)32-25-17-13-22(2)14-18-25)28(24-8-4-3-5-9-24)26-10-6-7-19-33(27)31(26)34/h3-5,8-9,11-18,20H,6-7,10,19H2,1-2H3,(H,32,35). The van der Waals surface area contributed by atoms with Crippen LogP contribution >= 0.6 is 12.2 Å². The Morgan fingerprint density at radius 1 is 0.800 bits per heavy atom. The first-order chi connectivity index (χ1) is 17.1. The second-order valence-corrected chi connectivity index (χ2v) is 9.98. The molecule has 1 N–H and O–H groups in total. The molecule has 1 aliphatic rings. The Hall–Kier alpha value is -3.63. The molecule has 0 spiro atoms. The normalized spacial score (nSPS) is 13.1.